The van der Waals surface area contributed by atoms with Crippen molar-refractivity contribution < 1.29 is 4.79 Å². The number of aromatic amines is 1. The number of para-hydroxylation sites is 1. The third kappa shape index (κ3) is 4.68. The molecule has 6 aromatic rings. The summed E-state index contributed by atoms with van der Waals surface area (Å²) in [5, 5.41) is 3.96. The molecule has 2 aromatic heterocycles. The monoisotopic (exact) mass is 641 g/mol. The number of carbonyl (C=O) groups is 1. The van der Waals surface area contributed by atoms with Gasteiger partial charge in [0, 0.05) is 27.7 Å². The van der Waals surface area contributed by atoms with Crippen molar-refractivity contribution in [2.75, 3.05) is 5.73 Å². The summed E-state index contributed by atoms with van der Waals surface area (Å²) in [6.07, 6.45) is 0. The van der Waals surface area contributed by atoms with Crippen LogP contribution in [0.1, 0.15) is 21.6 Å². The molecular weight excluding hydrogens is 617 g/mol. The second-order valence-electron chi connectivity index (χ2n) is 9.47. The maximum atomic E-state index is 14.0. The van der Waals surface area contributed by atoms with Crippen LogP contribution in [-0.2, 0) is 13.1 Å². The van der Waals surface area contributed by atoms with Gasteiger partial charge in [-0.15, -0.1) is 0 Å². The summed E-state index contributed by atoms with van der Waals surface area (Å²) in [5.41, 5.74) is 8.92. The highest BCUT2D eigenvalue weighted by atomic mass is 127. The number of nitrogens with zero attached hydrogens (tertiary/aromatic N) is 2. The molecule has 0 spiro atoms. The number of fused-ring (bicyclic) bond motifs is 2. The third-order valence-electron chi connectivity index (χ3n) is 6.83. The Morgan fingerprint density at radius 3 is 2.40 bits per heavy atom. The summed E-state index contributed by atoms with van der Waals surface area (Å²) in [5.74, 6) is -0.409. The van der Waals surface area contributed by atoms with Crippen LogP contribution < -0.4 is 22.3 Å². The van der Waals surface area contributed by atoms with Crippen LogP contribution in [0, 0.1) is 3.57 Å². The van der Waals surface area contributed by atoms with Gasteiger partial charge in [-0.2, -0.15) is 0 Å². The van der Waals surface area contributed by atoms with E-state index >= 15 is 0 Å². The molecule has 8 nitrogen and oxygen atoms in total. The van der Waals surface area contributed by atoms with Gasteiger partial charge < -0.3 is 20.6 Å². The molecule has 0 aliphatic heterocycles. The van der Waals surface area contributed by atoms with E-state index in [1.165, 1.54) is 0 Å². The van der Waals surface area contributed by atoms with E-state index in [9.17, 15) is 14.4 Å². The average Bonchev–Trinajstić information content (AvgIpc) is 3.25. The van der Waals surface area contributed by atoms with Gasteiger partial charge in [0.15, 0.2) is 0 Å². The zero-order chi connectivity index (χ0) is 27.8. The molecule has 4 N–H and O–H groups in total. The number of nitrogens with one attached hydrogen (secondary N) is 2. The lowest BCUT2D eigenvalue weighted by Crippen LogP contribution is -2.36. The number of carbonyl (C=O) groups excluding carboxylic acids is 1. The lowest BCUT2D eigenvalue weighted by molar-refractivity contribution is 0.0942. The van der Waals surface area contributed by atoms with Crippen molar-refractivity contribution in [1.82, 2.24) is 19.4 Å². The van der Waals surface area contributed by atoms with Gasteiger partial charge in [0.05, 0.1) is 22.1 Å². The molecule has 0 radical (unpaired) electrons. The number of hydrogen-bond acceptors (Lipinski definition) is 4. The van der Waals surface area contributed by atoms with Crippen molar-refractivity contribution in [3.63, 3.8) is 0 Å². The molecule has 6 rings (SSSR count). The first-order chi connectivity index (χ1) is 19.4. The number of nitrogens with two attached hydrogens (primary N) is 1. The van der Waals surface area contributed by atoms with E-state index in [-0.39, 0.29) is 17.9 Å². The van der Waals surface area contributed by atoms with E-state index in [1.54, 1.807) is 30.3 Å². The summed E-state index contributed by atoms with van der Waals surface area (Å²) in [6.45, 7) is 0.579. The molecule has 9 heteroatoms. The molecule has 0 aliphatic carbocycles. The summed E-state index contributed by atoms with van der Waals surface area (Å²) in [7, 11) is 0. The fourth-order valence-corrected chi connectivity index (χ4v) is 5.52. The number of H-pyrrole nitrogens is 1. The molecule has 1 amide bonds. The van der Waals surface area contributed by atoms with Crippen LogP contribution in [0.25, 0.3) is 27.5 Å². The first-order valence-electron chi connectivity index (χ1n) is 12.6. The molecule has 0 aliphatic rings. The minimum Gasteiger partial charge on any atom is -0.399 e. The Morgan fingerprint density at radius 2 is 1.60 bits per heavy atom. The number of amides is 1. The Morgan fingerprint density at radius 1 is 0.850 bits per heavy atom. The number of hydrogen-bond donors (Lipinski definition) is 3. The van der Waals surface area contributed by atoms with Gasteiger partial charge in [0.25, 0.3) is 11.5 Å². The Bertz CT molecular complexity index is 2030. The number of rotatable bonds is 6. The Balaban J connectivity index is 1.64. The molecule has 0 unspecified atom stereocenters. The highest BCUT2D eigenvalue weighted by Crippen LogP contribution is 2.31. The summed E-state index contributed by atoms with van der Waals surface area (Å²) < 4.78 is 3.82. The van der Waals surface area contributed by atoms with Gasteiger partial charge in [-0.05, 0) is 76.2 Å². The number of anilines is 1. The van der Waals surface area contributed by atoms with Crippen LogP contribution in [0.5, 0.6) is 0 Å². The van der Waals surface area contributed by atoms with Gasteiger partial charge >= 0.3 is 5.69 Å². The lowest BCUT2D eigenvalue weighted by atomic mass is 10.2. The van der Waals surface area contributed by atoms with E-state index in [1.807, 2.05) is 71.3 Å². The normalized spacial score (nSPS) is 11.2. The zero-order valence-electron chi connectivity index (χ0n) is 21.2. The summed E-state index contributed by atoms with van der Waals surface area (Å²) in [4.78, 5) is 44.2. The molecule has 2 heterocycles. The molecular formula is C31H24IN5O3. The summed E-state index contributed by atoms with van der Waals surface area (Å²) in [6, 6.07) is 29.5. The van der Waals surface area contributed by atoms with E-state index in [4.69, 9.17) is 5.73 Å². The molecule has 0 atom stereocenters. The minimum absolute atomic E-state index is 0.207. The van der Waals surface area contributed by atoms with Gasteiger partial charge in [-0.3, -0.25) is 9.59 Å². The third-order valence-corrected chi connectivity index (χ3v) is 7.50. The van der Waals surface area contributed by atoms with Crippen molar-refractivity contribution in [3.05, 3.63) is 138 Å². The highest BCUT2D eigenvalue weighted by molar-refractivity contribution is 14.1. The van der Waals surface area contributed by atoms with E-state index in [2.05, 4.69) is 32.9 Å². The lowest BCUT2D eigenvalue weighted by Gasteiger charge is -2.14. The second-order valence-corrected chi connectivity index (χ2v) is 10.7. The molecule has 0 saturated heterocycles. The largest absolute Gasteiger partial charge is 0.399 e. The SMILES string of the molecule is Nc1cccc(Cn2c(C(=O)NCc3ccccc3)c(-n3c(=O)[nH]c4ccccc4c3=O)c3cc(I)ccc32)c1. The number of benzene rings is 4. The molecule has 40 heavy (non-hydrogen) atoms. The van der Waals surface area contributed by atoms with Crippen molar-refractivity contribution in [2.24, 2.45) is 0 Å². The predicted octanol–water partition coefficient (Wildman–Crippen LogP) is 4.80. The fraction of sp³-hybridized carbons (Fsp3) is 0.0645. The number of nitrogen functional groups attached to an aromatic ring is 1. The van der Waals surface area contributed by atoms with Crippen LogP contribution >= 0.6 is 22.6 Å². The topological polar surface area (TPSA) is 115 Å². The Labute approximate surface area is 242 Å². The van der Waals surface area contributed by atoms with E-state index < -0.39 is 17.2 Å². The van der Waals surface area contributed by atoms with Gasteiger partial charge in [-0.1, -0.05) is 54.6 Å². The van der Waals surface area contributed by atoms with Crippen LogP contribution in [0.15, 0.2) is 107 Å². The first kappa shape index (κ1) is 25.6. The van der Waals surface area contributed by atoms with Crippen molar-refractivity contribution in [1.29, 1.82) is 0 Å². The molecule has 4 aromatic carbocycles. The van der Waals surface area contributed by atoms with E-state index in [0.29, 0.717) is 34.0 Å². The zero-order valence-corrected chi connectivity index (χ0v) is 23.4. The highest BCUT2D eigenvalue weighted by Gasteiger charge is 2.27. The maximum absolute atomic E-state index is 14.0. The maximum Gasteiger partial charge on any atom is 0.333 e. The van der Waals surface area contributed by atoms with Gasteiger partial charge in [0.2, 0.25) is 0 Å². The van der Waals surface area contributed by atoms with Crippen LogP contribution in [0.3, 0.4) is 0 Å². The minimum atomic E-state index is -0.623. The fourth-order valence-electron chi connectivity index (χ4n) is 5.03. The molecule has 0 fully saturated rings. The number of halogens is 1. The van der Waals surface area contributed by atoms with Crippen molar-refractivity contribution in [2.45, 2.75) is 13.1 Å². The Hall–Kier alpha value is -4.64. The molecule has 198 valence electrons. The predicted molar refractivity (Wildman–Crippen MR) is 166 cm³/mol. The smallest absolute Gasteiger partial charge is 0.333 e. The molecule has 0 bridgehead atoms. The number of aromatic nitrogens is 3. The quantitative estimate of drug-likeness (QED) is 0.179. The molecule has 0 saturated carbocycles. The van der Waals surface area contributed by atoms with Gasteiger partial charge in [-0.25, -0.2) is 9.36 Å². The van der Waals surface area contributed by atoms with Crippen LogP contribution in [0.4, 0.5) is 5.69 Å². The average molecular weight is 641 g/mol. The Kier molecular flexibility index (Phi) is 6.72. The second kappa shape index (κ2) is 10.5. The van der Waals surface area contributed by atoms with Crippen LogP contribution in [0.2, 0.25) is 0 Å². The first-order valence-corrected chi connectivity index (χ1v) is 13.7. The van der Waals surface area contributed by atoms with Crippen LogP contribution in [-0.4, -0.2) is 20.0 Å². The summed E-state index contributed by atoms with van der Waals surface area (Å²) >= 11 is 2.19. The van der Waals surface area contributed by atoms with E-state index in [0.717, 1.165) is 19.3 Å². The van der Waals surface area contributed by atoms with Crippen molar-refractivity contribution in [3.8, 4) is 5.69 Å². The standard InChI is InChI=1S/C31H24IN5O3/c32-21-13-14-26-24(16-21)27(37-30(39)23-11-4-5-12-25(23)35-31(37)40)28(29(38)34-17-19-7-2-1-3-8-19)36(26)18-20-9-6-10-22(33)15-20/h1-16H,17-18,33H2,(H,34,38)(H,35,40). The van der Waals surface area contributed by atoms with Gasteiger partial charge in [0.1, 0.15) is 5.69 Å². The van der Waals surface area contributed by atoms with Crippen molar-refractivity contribution >= 4 is 56.0 Å².